The van der Waals surface area contributed by atoms with Crippen molar-refractivity contribution in [1.29, 1.82) is 0 Å². The van der Waals surface area contributed by atoms with E-state index in [0.29, 0.717) is 6.54 Å². The van der Waals surface area contributed by atoms with Crippen LogP contribution in [0.25, 0.3) is 0 Å². The van der Waals surface area contributed by atoms with Crippen LogP contribution in [0.4, 0.5) is 5.69 Å². The lowest BCUT2D eigenvalue weighted by molar-refractivity contribution is 0.409. The molecule has 106 valence electrons. The normalized spacial score (nSPS) is 10.4. The first-order chi connectivity index (χ1) is 9.51. The lowest BCUT2D eigenvalue weighted by atomic mass is 10.2. The molecule has 0 aliphatic rings. The van der Waals surface area contributed by atoms with Crippen LogP contribution >= 0.6 is 43.5 Å². The molecule has 2 aromatic rings. The van der Waals surface area contributed by atoms with Crippen LogP contribution in [0.3, 0.4) is 0 Å². The number of ether oxygens (including phenoxy) is 1. The van der Waals surface area contributed by atoms with Gasteiger partial charge in [-0.2, -0.15) is 0 Å². The molecule has 0 aliphatic carbocycles. The summed E-state index contributed by atoms with van der Waals surface area (Å²) in [5.74, 6) is 0.798. The highest BCUT2D eigenvalue weighted by Gasteiger charge is 2.07. The topological polar surface area (TPSA) is 21.3 Å². The SMILES string of the molecule is COc1c(Br)cc(CNc2ccc(C)c(Cl)c2)cc1Br. The lowest BCUT2D eigenvalue weighted by Gasteiger charge is -2.11. The van der Waals surface area contributed by atoms with E-state index in [1.807, 2.05) is 37.3 Å². The summed E-state index contributed by atoms with van der Waals surface area (Å²) in [6, 6.07) is 10.0. The zero-order chi connectivity index (χ0) is 14.7. The van der Waals surface area contributed by atoms with Crippen molar-refractivity contribution in [3.05, 3.63) is 55.4 Å². The van der Waals surface area contributed by atoms with E-state index in [1.54, 1.807) is 7.11 Å². The van der Waals surface area contributed by atoms with Gasteiger partial charge in [-0.05, 0) is 74.2 Å². The highest BCUT2D eigenvalue weighted by molar-refractivity contribution is 9.11. The van der Waals surface area contributed by atoms with Gasteiger partial charge < -0.3 is 10.1 Å². The first-order valence-electron chi connectivity index (χ1n) is 6.03. The molecule has 0 spiro atoms. The second kappa shape index (κ2) is 6.83. The Morgan fingerprint density at radius 1 is 1.15 bits per heavy atom. The van der Waals surface area contributed by atoms with Gasteiger partial charge in [0, 0.05) is 17.3 Å². The lowest BCUT2D eigenvalue weighted by Crippen LogP contribution is -2.00. The number of hydrogen-bond donors (Lipinski definition) is 1. The summed E-state index contributed by atoms with van der Waals surface area (Å²) < 4.78 is 7.14. The molecule has 0 atom stereocenters. The zero-order valence-electron chi connectivity index (χ0n) is 11.1. The summed E-state index contributed by atoms with van der Waals surface area (Å²) in [4.78, 5) is 0. The smallest absolute Gasteiger partial charge is 0.147 e. The van der Waals surface area contributed by atoms with Crippen molar-refractivity contribution in [3.63, 3.8) is 0 Å². The minimum atomic E-state index is 0.709. The number of nitrogens with one attached hydrogen (secondary N) is 1. The van der Waals surface area contributed by atoms with Crippen molar-refractivity contribution in [2.75, 3.05) is 12.4 Å². The largest absolute Gasteiger partial charge is 0.494 e. The summed E-state index contributed by atoms with van der Waals surface area (Å²) in [6.45, 7) is 2.70. The Morgan fingerprint density at radius 3 is 2.35 bits per heavy atom. The summed E-state index contributed by atoms with van der Waals surface area (Å²) >= 11 is 13.1. The first kappa shape index (κ1) is 15.7. The predicted molar refractivity (Wildman–Crippen MR) is 91.9 cm³/mol. The van der Waals surface area contributed by atoms with Gasteiger partial charge in [0.2, 0.25) is 0 Å². The second-order valence-corrected chi connectivity index (χ2v) is 6.53. The Bertz CT molecular complexity index is 608. The molecule has 0 unspecified atom stereocenters. The van der Waals surface area contributed by atoms with Crippen molar-refractivity contribution >= 4 is 49.1 Å². The van der Waals surface area contributed by atoms with Crippen molar-refractivity contribution in [3.8, 4) is 5.75 Å². The highest BCUT2D eigenvalue weighted by Crippen LogP contribution is 2.34. The van der Waals surface area contributed by atoms with Gasteiger partial charge in [-0.25, -0.2) is 0 Å². The molecule has 0 radical (unpaired) electrons. The molecule has 0 heterocycles. The molecule has 0 saturated heterocycles. The third-order valence-electron chi connectivity index (χ3n) is 2.93. The van der Waals surface area contributed by atoms with Crippen molar-refractivity contribution in [1.82, 2.24) is 0 Å². The van der Waals surface area contributed by atoms with E-state index in [4.69, 9.17) is 16.3 Å². The highest BCUT2D eigenvalue weighted by atomic mass is 79.9. The average molecular weight is 420 g/mol. The van der Waals surface area contributed by atoms with Crippen LogP contribution < -0.4 is 10.1 Å². The Hall–Kier alpha value is -0.710. The van der Waals surface area contributed by atoms with E-state index in [9.17, 15) is 0 Å². The van der Waals surface area contributed by atoms with Gasteiger partial charge in [-0.3, -0.25) is 0 Å². The van der Waals surface area contributed by atoms with Crippen LogP contribution in [-0.2, 0) is 6.54 Å². The summed E-state index contributed by atoms with van der Waals surface area (Å²) in [5.41, 5.74) is 3.22. The van der Waals surface area contributed by atoms with Gasteiger partial charge in [0.05, 0.1) is 16.1 Å². The molecular weight excluding hydrogens is 405 g/mol. The minimum absolute atomic E-state index is 0.709. The van der Waals surface area contributed by atoms with Crippen LogP contribution in [0.5, 0.6) is 5.75 Å². The molecule has 5 heteroatoms. The molecule has 1 N–H and O–H groups in total. The molecule has 2 rings (SSSR count). The number of methoxy groups -OCH3 is 1. The third-order valence-corrected chi connectivity index (χ3v) is 4.52. The average Bonchev–Trinajstić information content (AvgIpc) is 2.40. The maximum atomic E-state index is 6.11. The summed E-state index contributed by atoms with van der Waals surface area (Å²) in [5, 5.41) is 4.12. The Morgan fingerprint density at radius 2 is 1.80 bits per heavy atom. The molecule has 0 bridgehead atoms. The van der Waals surface area contributed by atoms with Crippen LogP contribution in [0, 0.1) is 6.92 Å². The van der Waals surface area contributed by atoms with E-state index >= 15 is 0 Å². The van der Waals surface area contributed by atoms with Crippen LogP contribution in [0.2, 0.25) is 5.02 Å². The van der Waals surface area contributed by atoms with E-state index < -0.39 is 0 Å². The summed E-state index contributed by atoms with van der Waals surface area (Å²) in [7, 11) is 1.65. The summed E-state index contributed by atoms with van der Waals surface area (Å²) in [6.07, 6.45) is 0. The van der Waals surface area contributed by atoms with E-state index in [0.717, 1.165) is 36.5 Å². The van der Waals surface area contributed by atoms with Gasteiger partial charge in [0.1, 0.15) is 5.75 Å². The molecular formula is C15H14Br2ClNO. The Labute approximate surface area is 140 Å². The number of rotatable bonds is 4. The van der Waals surface area contributed by atoms with Crippen LogP contribution in [-0.4, -0.2) is 7.11 Å². The van der Waals surface area contributed by atoms with Gasteiger partial charge in [-0.15, -0.1) is 0 Å². The van der Waals surface area contributed by atoms with Gasteiger partial charge in [0.15, 0.2) is 0 Å². The monoisotopic (exact) mass is 417 g/mol. The van der Waals surface area contributed by atoms with Crippen molar-refractivity contribution in [2.45, 2.75) is 13.5 Å². The Kier molecular flexibility index (Phi) is 5.35. The number of aryl methyl sites for hydroxylation is 1. The molecule has 0 amide bonds. The fourth-order valence-corrected chi connectivity index (χ4v) is 3.60. The number of benzene rings is 2. The first-order valence-corrected chi connectivity index (χ1v) is 7.99. The third kappa shape index (κ3) is 3.68. The Balaban J connectivity index is 2.13. The fraction of sp³-hybridized carbons (Fsp3) is 0.200. The molecule has 0 fully saturated rings. The second-order valence-electron chi connectivity index (χ2n) is 4.41. The van der Waals surface area contributed by atoms with Gasteiger partial charge in [0.25, 0.3) is 0 Å². The predicted octanol–water partition coefficient (Wildman–Crippen LogP) is 5.79. The van der Waals surface area contributed by atoms with Crippen molar-refractivity contribution < 1.29 is 4.74 Å². The number of hydrogen-bond acceptors (Lipinski definition) is 2. The van der Waals surface area contributed by atoms with Gasteiger partial charge >= 0.3 is 0 Å². The molecule has 0 saturated carbocycles. The maximum Gasteiger partial charge on any atom is 0.147 e. The quantitative estimate of drug-likeness (QED) is 0.677. The fourth-order valence-electron chi connectivity index (χ4n) is 1.82. The zero-order valence-corrected chi connectivity index (χ0v) is 15.1. The molecule has 20 heavy (non-hydrogen) atoms. The van der Waals surface area contributed by atoms with Crippen LogP contribution in [0.1, 0.15) is 11.1 Å². The molecule has 0 aromatic heterocycles. The van der Waals surface area contributed by atoms with Crippen molar-refractivity contribution in [2.24, 2.45) is 0 Å². The molecule has 2 aromatic carbocycles. The minimum Gasteiger partial charge on any atom is -0.494 e. The standard InChI is InChI=1S/C15H14Br2ClNO/c1-9-3-4-11(7-14(9)18)19-8-10-5-12(16)15(20-2)13(17)6-10/h3-7,19H,8H2,1-2H3. The van der Waals surface area contributed by atoms with Crippen LogP contribution in [0.15, 0.2) is 39.3 Å². The van der Waals surface area contributed by atoms with E-state index in [1.165, 1.54) is 0 Å². The maximum absolute atomic E-state index is 6.11. The number of halogens is 3. The molecule has 0 aliphatic heterocycles. The van der Waals surface area contributed by atoms with E-state index in [2.05, 4.69) is 37.2 Å². The van der Waals surface area contributed by atoms with E-state index in [-0.39, 0.29) is 0 Å². The molecule has 2 nitrogen and oxygen atoms in total. The number of anilines is 1. The van der Waals surface area contributed by atoms with Gasteiger partial charge in [-0.1, -0.05) is 17.7 Å².